The summed E-state index contributed by atoms with van der Waals surface area (Å²) in [6, 6.07) is 5.47. The number of methoxy groups -OCH3 is 1. The molecule has 88 valence electrons. The minimum atomic E-state index is 0.198. The largest absolute Gasteiger partial charge is 0.504 e. The zero-order chi connectivity index (χ0) is 11.4. The monoisotopic (exact) mass is 221 g/mol. The highest BCUT2D eigenvalue weighted by atomic mass is 16.5. The molecule has 2 N–H and O–H groups in total. The Morgan fingerprint density at radius 1 is 1.44 bits per heavy atom. The van der Waals surface area contributed by atoms with Gasteiger partial charge in [0.25, 0.3) is 0 Å². The SMILES string of the molecule is COc1cc(CNCCC2CC2)ccc1O. The molecule has 1 saturated carbocycles. The van der Waals surface area contributed by atoms with Gasteiger partial charge in [-0.15, -0.1) is 0 Å². The van der Waals surface area contributed by atoms with E-state index in [-0.39, 0.29) is 5.75 Å². The molecule has 0 unspecified atom stereocenters. The minimum Gasteiger partial charge on any atom is -0.504 e. The van der Waals surface area contributed by atoms with Crippen LogP contribution in [0.3, 0.4) is 0 Å². The van der Waals surface area contributed by atoms with Gasteiger partial charge in [-0.25, -0.2) is 0 Å². The average molecular weight is 221 g/mol. The fourth-order valence-corrected chi connectivity index (χ4v) is 1.78. The first-order chi connectivity index (χ1) is 7.79. The molecule has 1 aliphatic carbocycles. The third kappa shape index (κ3) is 3.14. The normalized spacial score (nSPS) is 15.1. The molecule has 0 bridgehead atoms. The van der Waals surface area contributed by atoms with E-state index in [2.05, 4.69) is 5.32 Å². The lowest BCUT2D eigenvalue weighted by molar-refractivity contribution is 0.372. The second-order valence-corrected chi connectivity index (χ2v) is 4.42. The molecule has 1 aromatic carbocycles. The van der Waals surface area contributed by atoms with Gasteiger partial charge in [-0.05, 0) is 36.6 Å². The number of phenols is 1. The van der Waals surface area contributed by atoms with Crippen LogP contribution >= 0.6 is 0 Å². The van der Waals surface area contributed by atoms with E-state index in [1.807, 2.05) is 12.1 Å². The lowest BCUT2D eigenvalue weighted by Crippen LogP contribution is -2.15. The van der Waals surface area contributed by atoms with Crippen LogP contribution in [0.5, 0.6) is 11.5 Å². The van der Waals surface area contributed by atoms with E-state index >= 15 is 0 Å². The summed E-state index contributed by atoms with van der Waals surface area (Å²) in [4.78, 5) is 0. The van der Waals surface area contributed by atoms with Crippen LogP contribution in [-0.4, -0.2) is 18.8 Å². The molecule has 0 spiro atoms. The lowest BCUT2D eigenvalue weighted by atomic mass is 10.2. The molecule has 0 amide bonds. The molecule has 0 aromatic heterocycles. The number of rotatable bonds is 6. The number of nitrogens with one attached hydrogen (secondary N) is 1. The van der Waals surface area contributed by atoms with Crippen molar-refractivity contribution in [2.45, 2.75) is 25.8 Å². The summed E-state index contributed by atoms with van der Waals surface area (Å²) in [6.07, 6.45) is 4.11. The van der Waals surface area contributed by atoms with Crippen molar-refractivity contribution in [2.24, 2.45) is 5.92 Å². The summed E-state index contributed by atoms with van der Waals surface area (Å²) in [6.45, 7) is 1.91. The molecule has 1 fully saturated rings. The van der Waals surface area contributed by atoms with Crippen LogP contribution in [0.15, 0.2) is 18.2 Å². The van der Waals surface area contributed by atoms with Crippen LogP contribution in [0.25, 0.3) is 0 Å². The van der Waals surface area contributed by atoms with Crippen molar-refractivity contribution in [2.75, 3.05) is 13.7 Å². The number of ether oxygens (including phenoxy) is 1. The van der Waals surface area contributed by atoms with Crippen LogP contribution in [0.2, 0.25) is 0 Å². The topological polar surface area (TPSA) is 41.5 Å². The molecule has 0 radical (unpaired) electrons. The Kier molecular flexibility index (Phi) is 3.67. The Labute approximate surface area is 96.4 Å². The van der Waals surface area contributed by atoms with E-state index in [9.17, 15) is 5.11 Å². The molecule has 16 heavy (non-hydrogen) atoms. The molecule has 0 heterocycles. The standard InChI is InChI=1S/C13H19NO2/c1-16-13-8-11(4-5-12(13)15)9-14-7-6-10-2-3-10/h4-5,8,10,14-15H,2-3,6-7,9H2,1H3. The summed E-state index contributed by atoms with van der Waals surface area (Å²) in [5.74, 6) is 1.72. The summed E-state index contributed by atoms with van der Waals surface area (Å²) in [5, 5.41) is 12.8. The first kappa shape index (κ1) is 11.3. The number of benzene rings is 1. The highest BCUT2D eigenvalue weighted by Gasteiger charge is 2.19. The average Bonchev–Trinajstić information content (AvgIpc) is 3.10. The van der Waals surface area contributed by atoms with Crippen LogP contribution in [0.4, 0.5) is 0 Å². The maximum Gasteiger partial charge on any atom is 0.160 e. The lowest BCUT2D eigenvalue weighted by Gasteiger charge is -2.07. The van der Waals surface area contributed by atoms with Crippen LogP contribution < -0.4 is 10.1 Å². The summed E-state index contributed by atoms with van der Waals surface area (Å²) in [5.41, 5.74) is 1.14. The predicted octanol–water partition coefficient (Wildman–Crippen LogP) is 2.29. The van der Waals surface area contributed by atoms with Gasteiger partial charge in [-0.2, -0.15) is 0 Å². The van der Waals surface area contributed by atoms with E-state index in [1.54, 1.807) is 13.2 Å². The van der Waals surface area contributed by atoms with E-state index in [1.165, 1.54) is 19.3 Å². The fraction of sp³-hybridized carbons (Fsp3) is 0.538. The molecule has 0 atom stereocenters. The molecule has 0 aliphatic heterocycles. The van der Waals surface area contributed by atoms with Gasteiger partial charge in [0, 0.05) is 6.54 Å². The van der Waals surface area contributed by atoms with Gasteiger partial charge in [0.05, 0.1) is 7.11 Å². The Balaban J connectivity index is 1.78. The van der Waals surface area contributed by atoms with E-state index in [0.717, 1.165) is 24.6 Å². The molecule has 1 aromatic rings. The number of phenolic OH excluding ortho intramolecular Hbond substituents is 1. The van der Waals surface area contributed by atoms with Crippen LogP contribution in [-0.2, 0) is 6.54 Å². The predicted molar refractivity (Wildman–Crippen MR) is 63.7 cm³/mol. The fourth-order valence-electron chi connectivity index (χ4n) is 1.78. The van der Waals surface area contributed by atoms with Gasteiger partial charge < -0.3 is 15.2 Å². The van der Waals surface area contributed by atoms with Crippen molar-refractivity contribution in [1.29, 1.82) is 0 Å². The zero-order valence-electron chi connectivity index (χ0n) is 9.70. The maximum atomic E-state index is 9.44. The highest BCUT2D eigenvalue weighted by molar-refractivity contribution is 5.41. The smallest absolute Gasteiger partial charge is 0.160 e. The van der Waals surface area contributed by atoms with Gasteiger partial charge in [-0.1, -0.05) is 18.9 Å². The van der Waals surface area contributed by atoms with Crippen molar-refractivity contribution in [3.63, 3.8) is 0 Å². The molecular weight excluding hydrogens is 202 g/mol. The molecular formula is C13H19NO2. The van der Waals surface area contributed by atoms with Gasteiger partial charge in [0.2, 0.25) is 0 Å². The number of hydrogen-bond acceptors (Lipinski definition) is 3. The summed E-state index contributed by atoms with van der Waals surface area (Å²) < 4.78 is 5.06. The molecule has 1 aliphatic rings. The molecule has 2 rings (SSSR count). The second kappa shape index (κ2) is 5.21. The van der Waals surface area contributed by atoms with E-state index in [0.29, 0.717) is 5.75 Å². The van der Waals surface area contributed by atoms with Crippen LogP contribution in [0.1, 0.15) is 24.8 Å². The Morgan fingerprint density at radius 2 is 2.25 bits per heavy atom. The van der Waals surface area contributed by atoms with Gasteiger partial charge in [0.15, 0.2) is 11.5 Å². The molecule has 3 nitrogen and oxygen atoms in total. The van der Waals surface area contributed by atoms with Gasteiger partial charge in [-0.3, -0.25) is 0 Å². The van der Waals surface area contributed by atoms with Crippen molar-refractivity contribution in [3.8, 4) is 11.5 Å². The van der Waals surface area contributed by atoms with Crippen molar-refractivity contribution in [3.05, 3.63) is 23.8 Å². The molecule has 0 saturated heterocycles. The van der Waals surface area contributed by atoms with Crippen molar-refractivity contribution >= 4 is 0 Å². The minimum absolute atomic E-state index is 0.198. The highest BCUT2D eigenvalue weighted by Crippen LogP contribution is 2.31. The second-order valence-electron chi connectivity index (χ2n) is 4.42. The first-order valence-corrected chi connectivity index (χ1v) is 5.86. The third-order valence-electron chi connectivity index (χ3n) is 3.00. The van der Waals surface area contributed by atoms with E-state index < -0.39 is 0 Å². The quantitative estimate of drug-likeness (QED) is 0.724. The Hall–Kier alpha value is -1.22. The summed E-state index contributed by atoms with van der Waals surface area (Å²) >= 11 is 0. The van der Waals surface area contributed by atoms with Gasteiger partial charge in [0.1, 0.15) is 0 Å². The van der Waals surface area contributed by atoms with Crippen LogP contribution in [0, 0.1) is 5.92 Å². The third-order valence-corrected chi connectivity index (χ3v) is 3.00. The van der Waals surface area contributed by atoms with Crippen molar-refractivity contribution < 1.29 is 9.84 Å². The molecule has 3 heteroatoms. The number of hydrogen-bond donors (Lipinski definition) is 2. The number of aromatic hydroxyl groups is 1. The first-order valence-electron chi connectivity index (χ1n) is 5.86. The van der Waals surface area contributed by atoms with Gasteiger partial charge >= 0.3 is 0 Å². The zero-order valence-corrected chi connectivity index (χ0v) is 9.70. The Morgan fingerprint density at radius 3 is 2.94 bits per heavy atom. The Bertz CT molecular complexity index is 348. The maximum absolute atomic E-state index is 9.44. The van der Waals surface area contributed by atoms with E-state index in [4.69, 9.17) is 4.74 Å². The van der Waals surface area contributed by atoms with Crippen molar-refractivity contribution in [1.82, 2.24) is 5.32 Å². The summed E-state index contributed by atoms with van der Waals surface area (Å²) in [7, 11) is 1.57.